The van der Waals surface area contributed by atoms with Crippen molar-refractivity contribution in [3.63, 3.8) is 0 Å². The zero-order chi connectivity index (χ0) is 9.80. The van der Waals surface area contributed by atoms with Crippen LogP contribution in [-0.2, 0) is 0 Å². The second-order valence-corrected chi connectivity index (χ2v) is 3.54. The number of hydrogen-bond donors (Lipinski definition) is 0. The molecule has 3 heteroatoms. The zero-order valence-electron chi connectivity index (χ0n) is 7.35. The minimum absolute atomic E-state index is 0.769. The van der Waals surface area contributed by atoms with Crippen LogP contribution in [-0.4, -0.2) is 4.98 Å². The molecule has 0 fully saturated rings. The molecule has 0 unspecified atom stereocenters. The predicted octanol–water partition coefficient (Wildman–Crippen LogP) is 3.64. The summed E-state index contributed by atoms with van der Waals surface area (Å²) in [6, 6.07) is 13.3. The SMILES string of the molecule is Brc1cc(Oc2ccccc2)ccn1. The van der Waals surface area contributed by atoms with Crippen molar-refractivity contribution in [1.29, 1.82) is 0 Å². The van der Waals surface area contributed by atoms with Gasteiger partial charge < -0.3 is 4.74 Å². The fraction of sp³-hybridized carbons (Fsp3) is 0. The van der Waals surface area contributed by atoms with Crippen LogP contribution in [0.15, 0.2) is 53.3 Å². The normalized spacial score (nSPS) is 9.79. The molecule has 2 aromatic rings. The second-order valence-electron chi connectivity index (χ2n) is 2.73. The van der Waals surface area contributed by atoms with Gasteiger partial charge in [0.05, 0.1) is 0 Å². The lowest BCUT2D eigenvalue weighted by Crippen LogP contribution is -1.84. The molecule has 0 amide bonds. The Hall–Kier alpha value is -1.35. The summed E-state index contributed by atoms with van der Waals surface area (Å²) in [5, 5.41) is 0. The molecule has 2 nitrogen and oxygen atoms in total. The number of para-hydroxylation sites is 1. The fourth-order valence-electron chi connectivity index (χ4n) is 1.07. The van der Waals surface area contributed by atoms with Gasteiger partial charge >= 0.3 is 0 Å². The van der Waals surface area contributed by atoms with Crippen LogP contribution in [0.3, 0.4) is 0 Å². The Morgan fingerprint density at radius 2 is 1.79 bits per heavy atom. The first-order chi connectivity index (χ1) is 6.84. The number of aromatic nitrogens is 1. The number of rotatable bonds is 2. The first kappa shape index (κ1) is 9.21. The van der Waals surface area contributed by atoms with Gasteiger partial charge in [-0.3, -0.25) is 0 Å². The highest BCUT2D eigenvalue weighted by atomic mass is 79.9. The minimum atomic E-state index is 0.769. The van der Waals surface area contributed by atoms with E-state index in [0.717, 1.165) is 16.1 Å². The molecule has 70 valence electrons. The molecule has 0 aliphatic rings. The van der Waals surface area contributed by atoms with Crippen LogP contribution in [0.4, 0.5) is 0 Å². The molecule has 1 heterocycles. The topological polar surface area (TPSA) is 22.1 Å². The van der Waals surface area contributed by atoms with Crippen LogP contribution in [0.25, 0.3) is 0 Å². The Morgan fingerprint density at radius 3 is 2.50 bits per heavy atom. The summed E-state index contributed by atoms with van der Waals surface area (Å²) >= 11 is 3.28. The smallest absolute Gasteiger partial charge is 0.131 e. The van der Waals surface area contributed by atoms with E-state index >= 15 is 0 Å². The van der Waals surface area contributed by atoms with Gasteiger partial charge in [-0.15, -0.1) is 0 Å². The highest BCUT2D eigenvalue weighted by Gasteiger charge is 1.96. The molecule has 0 N–H and O–H groups in total. The van der Waals surface area contributed by atoms with Crippen LogP contribution >= 0.6 is 15.9 Å². The van der Waals surface area contributed by atoms with E-state index < -0.39 is 0 Å². The first-order valence-electron chi connectivity index (χ1n) is 4.19. The van der Waals surface area contributed by atoms with Crippen LogP contribution < -0.4 is 4.74 Å². The minimum Gasteiger partial charge on any atom is -0.457 e. The van der Waals surface area contributed by atoms with Gasteiger partial charge in [-0.1, -0.05) is 18.2 Å². The highest BCUT2D eigenvalue weighted by Crippen LogP contribution is 2.22. The second kappa shape index (κ2) is 4.24. The molecule has 0 spiro atoms. The Labute approximate surface area is 90.7 Å². The standard InChI is InChI=1S/C11H8BrNO/c12-11-8-10(6-7-13-11)14-9-4-2-1-3-5-9/h1-8H. The van der Waals surface area contributed by atoms with Crippen LogP contribution in [0.1, 0.15) is 0 Å². The number of nitrogens with zero attached hydrogens (tertiary/aromatic N) is 1. The van der Waals surface area contributed by atoms with E-state index in [1.165, 1.54) is 0 Å². The molecule has 1 aromatic carbocycles. The van der Waals surface area contributed by atoms with Gasteiger partial charge in [-0.05, 0) is 34.1 Å². The Balaban J connectivity index is 2.19. The highest BCUT2D eigenvalue weighted by molar-refractivity contribution is 9.10. The van der Waals surface area contributed by atoms with Crippen molar-refractivity contribution in [2.75, 3.05) is 0 Å². The molecule has 0 atom stereocenters. The van der Waals surface area contributed by atoms with Crippen molar-refractivity contribution in [2.45, 2.75) is 0 Å². The average Bonchev–Trinajstić information content (AvgIpc) is 2.19. The van der Waals surface area contributed by atoms with E-state index in [2.05, 4.69) is 20.9 Å². The number of halogens is 1. The van der Waals surface area contributed by atoms with Crippen LogP contribution in [0, 0.1) is 0 Å². The van der Waals surface area contributed by atoms with Gasteiger partial charge in [0.15, 0.2) is 0 Å². The molecule has 0 saturated heterocycles. The van der Waals surface area contributed by atoms with Crippen molar-refractivity contribution in [3.05, 3.63) is 53.3 Å². The number of ether oxygens (including phenoxy) is 1. The fourth-order valence-corrected chi connectivity index (χ4v) is 1.42. The van der Waals surface area contributed by atoms with Crippen molar-refractivity contribution >= 4 is 15.9 Å². The summed E-state index contributed by atoms with van der Waals surface area (Å²) in [6.07, 6.45) is 1.70. The number of benzene rings is 1. The number of pyridine rings is 1. The van der Waals surface area contributed by atoms with E-state index in [0.29, 0.717) is 0 Å². The van der Waals surface area contributed by atoms with Gasteiger partial charge in [-0.2, -0.15) is 0 Å². The molecule has 0 bridgehead atoms. The summed E-state index contributed by atoms with van der Waals surface area (Å²) in [5.41, 5.74) is 0. The molecule has 14 heavy (non-hydrogen) atoms. The van der Waals surface area contributed by atoms with Gasteiger partial charge in [-0.25, -0.2) is 4.98 Å². The third-order valence-electron chi connectivity index (χ3n) is 1.68. The summed E-state index contributed by atoms with van der Waals surface area (Å²) < 4.78 is 6.36. The van der Waals surface area contributed by atoms with Crippen molar-refractivity contribution in [2.24, 2.45) is 0 Å². The summed E-state index contributed by atoms with van der Waals surface area (Å²) in [7, 11) is 0. The lowest BCUT2D eigenvalue weighted by Gasteiger charge is -2.04. The summed E-state index contributed by atoms with van der Waals surface area (Å²) in [5.74, 6) is 1.60. The third-order valence-corrected chi connectivity index (χ3v) is 2.11. The van der Waals surface area contributed by atoms with Gasteiger partial charge in [0.25, 0.3) is 0 Å². The Morgan fingerprint density at radius 1 is 1.00 bits per heavy atom. The van der Waals surface area contributed by atoms with Gasteiger partial charge in [0.2, 0.25) is 0 Å². The Kier molecular flexibility index (Phi) is 2.79. The first-order valence-corrected chi connectivity index (χ1v) is 4.98. The van der Waals surface area contributed by atoms with Gasteiger partial charge in [0, 0.05) is 12.3 Å². The molecule has 0 saturated carbocycles. The lowest BCUT2D eigenvalue weighted by molar-refractivity contribution is 0.481. The predicted molar refractivity (Wildman–Crippen MR) is 58.5 cm³/mol. The lowest BCUT2D eigenvalue weighted by atomic mass is 10.3. The quantitative estimate of drug-likeness (QED) is 0.759. The molecule has 0 radical (unpaired) electrons. The molecular formula is C11H8BrNO. The average molecular weight is 250 g/mol. The monoisotopic (exact) mass is 249 g/mol. The maximum Gasteiger partial charge on any atom is 0.131 e. The molecule has 0 aliphatic heterocycles. The maximum atomic E-state index is 5.59. The van der Waals surface area contributed by atoms with E-state index in [1.807, 2.05) is 42.5 Å². The Bertz CT molecular complexity index is 417. The van der Waals surface area contributed by atoms with Crippen molar-refractivity contribution in [3.8, 4) is 11.5 Å². The van der Waals surface area contributed by atoms with Crippen LogP contribution in [0.5, 0.6) is 11.5 Å². The summed E-state index contributed by atoms with van der Waals surface area (Å²) in [4.78, 5) is 4.02. The largest absolute Gasteiger partial charge is 0.457 e. The molecular weight excluding hydrogens is 242 g/mol. The van der Waals surface area contributed by atoms with Gasteiger partial charge in [0.1, 0.15) is 16.1 Å². The van der Waals surface area contributed by atoms with E-state index in [4.69, 9.17) is 4.74 Å². The number of hydrogen-bond acceptors (Lipinski definition) is 2. The van der Waals surface area contributed by atoms with E-state index in [1.54, 1.807) is 6.20 Å². The van der Waals surface area contributed by atoms with E-state index in [-0.39, 0.29) is 0 Å². The molecule has 0 aliphatic carbocycles. The van der Waals surface area contributed by atoms with E-state index in [9.17, 15) is 0 Å². The van der Waals surface area contributed by atoms with Crippen molar-refractivity contribution < 1.29 is 4.74 Å². The maximum absolute atomic E-state index is 5.59. The summed E-state index contributed by atoms with van der Waals surface area (Å²) in [6.45, 7) is 0. The molecule has 2 rings (SSSR count). The zero-order valence-corrected chi connectivity index (χ0v) is 8.94. The molecule has 1 aromatic heterocycles. The van der Waals surface area contributed by atoms with Crippen molar-refractivity contribution in [1.82, 2.24) is 4.98 Å². The third kappa shape index (κ3) is 2.33. The van der Waals surface area contributed by atoms with Crippen LogP contribution in [0.2, 0.25) is 0 Å².